The molecule has 0 aliphatic carbocycles. The highest BCUT2D eigenvalue weighted by atomic mass is 32.2. The summed E-state index contributed by atoms with van der Waals surface area (Å²) in [7, 11) is -3.73. The van der Waals surface area contributed by atoms with Crippen LogP contribution in [0.1, 0.15) is 23.6 Å². The lowest BCUT2D eigenvalue weighted by molar-refractivity contribution is -0.156. The number of sulfonamides is 1. The van der Waals surface area contributed by atoms with Crippen molar-refractivity contribution < 1.29 is 27.5 Å². The second-order valence-electron chi connectivity index (χ2n) is 6.92. The molecule has 0 aromatic heterocycles. The molecule has 2 rings (SSSR count). The molecule has 0 aliphatic rings. The summed E-state index contributed by atoms with van der Waals surface area (Å²) >= 11 is 0. The van der Waals surface area contributed by atoms with Gasteiger partial charge in [0.05, 0.1) is 4.90 Å². The lowest BCUT2D eigenvalue weighted by atomic mass is 10.1. The molecule has 30 heavy (non-hydrogen) atoms. The highest BCUT2D eigenvalue weighted by molar-refractivity contribution is 7.89. The van der Waals surface area contributed by atoms with Gasteiger partial charge in [-0.25, -0.2) is 18.4 Å². The molecule has 0 radical (unpaired) electrons. The van der Waals surface area contributed by atoms with E-state index in [0.29, 0.717) is 18.7 Å². The minimum Gasteiger partial charge on any atom is -0.482 e. The zero-order chi connectivity index (χ0) is 22.3. The van der Waals surface area contributed by atoms with E-state index in [-0.39, 0.29) is 11.5 Å². The molecule has 1 unspecified atom stereocenters. The highest BCUT2D eigenvalue weighted by Crippen LogP contribution is 2.19. The summed E-state index contributed by atoms with van der Waals surface area (Å²) in [5.74, 6) is -0.481. The SMILES string of the molecule is Cc1ccc(C)c(OCC(=O)OC(C)C(=O)NCCc2ccc(S(N)(=O)=O)cc2)c1. The van der Waals surface area contributed by atoms with Crippen molar-refractivity contribution in [3.8, 4) is 5.75 Å². The van der Waals surface area contributed by atoms with Crippen molar-refractivity contribution >= 4 is 21.9 Å². The molecule has 0 bridgehead atoms. The standard InChI is InChI=1S/C21H26N2O6S/c1-14-4-5-15(2)19(12-14)28-13-20(24)29-16(3)21(25)23-11-10-17-6-8-18(9-7-17)30(22,26)27/h4-9,12,16H,10-11,13H2,1-3H3,(H,23,25)(H2,22,26,27). The summed E-state index contributed by atoms with van der Waals surface area (Å²) < 4.78 is 33.1. The monoisotopic (exact) mass is 434 g/mol. The van der Waals surface area contributed by atoms with Crippen molar-refractivity contribution in [3.05, 3.63) is 59.2 Å². The summed E-state index contributed by atoms with van der Waals surface area (Å²) in [6.07, 6.45) is -0.489. The summed E-state index contributed by atoms with van der Waals surface area (Å²) in [5, 5.41) is 7.72. The molecule has 1 amide bonds. The third-order valence-corrected chi connectivity index (χ3v) is 5.26. The second-order valence-corrected chi connectivity index (χ2v) is 8.48. The van der Waals surface area contributed by atoms with Crippen LogP contribution in [0.15, 0.2) is 47.4 Å². The maximum absolute atomic E-state index is 12.1. The highest BCUT2D eigenvalue weighted by Gasteiger charge is 2.18. The molecule has 0 aliphatic heterocycles. The lowest BCUT2D eigenvalue weighted by Gasteiger charge is -2.14. The summed E-state index contributed by atoms with van der Waals surface area (Å²) in [5.41, 5.74) is 2.74. The number of hydrogen-bond acceptors (Lipinski definition) is 6. The van der Waals surface area contributed by atoms with Gasteiger partial charge in [0.15, 0.2) is 12.7 Å². The van der Waals surface area contributed by atoms with E-state index in [1.165, 1.54) is 19.1 Å². The van der Waals surface area contributed by atoms with Gasteiger partial charge in [-0.2, -0.15) is 0 Å². The molecule has 1 atom stereocenters. The van der Waals surface area contributed by atoms with E-state index < -0.39 is 28.0 Å². The van der Waals surface area contributed by atoms with E-state index in [1.807, 2.05) is 32.0 Å². The molecule has 2 aromatic rings. The van der Waals surface area contributed by atoms with Gasteiger partial charge in [-0.3, -0.25) is 4.79 Å². The molecule has 2 aromatic carbocycles. The van der Waals surface area contributed by atoms with Gasteiger partial charge >= 0.3 is 5.97 Å². The first-order valence-electron chi connectivity index (χ1n) is 9.35. The van der Waals surface area contributed by atoms with Gasteiger partial charge < -0.3 is 14.8 Å². The van der Waals surface area contributed by atoms with E-state index in [9.17, 15) is 18.0 Å². The molecule has 0 heterocycles. The average Bonchev–Trinajstić information content (AvgIpc) is 2.68. The number of benzene rings is 2. The smallest absolute Gasteiger partial charge is 0.344 e. The van der Waals surface area contributed by atoms with Gasteiger partial charge in [-0.15, -0.1) is 0 Å². The van der Waals surface area contributed by atoms with Crippen LogP contribution in [0, 0.1) is 13.8 Å². The van der Waals surface area contributed by atoms with Gasteiger partial charge in [-0.1, -0.05) is 24.3 Å². The predicted molar refractivity (Wildman–Crippen MR) is 111 cm³/mol. The molecular formula is C21H26N2O6S. The Morgan fingerprint density at radius 3 is 2.40 bits per heavy atom. The van der Waals surface area contributed by atoms with Gasteiger partial charge in [0.2, 0.25) is 10.0 Å². The van der Waals surface area contributed by atoms with E-state index in [1.54, 1.807) is 12.1 Å². The fourth-order valence-corrected chi connectivity index (χ4v) is 3.12. The normalized spacial score (nSPS) is 12.1. The first-order valence-corrected chi connectivity index (χ1v) is 10.9. The second kappa shape index (κ2) is 10.2. The lowest BCUT2D eigenvalue weighted by Crippen LogP contribution is -2.37. The van der Waals surface area contributed by atoms with Crippen LogP contribution in [0.2, 0.25) is 0 Å². The molecule has 0 fully saturated rings. The molecular weight excluding hydrogens is 408 g/mol. The van der Waals surface area contributed by atoms with Crippen LogP contribution in [0.5, 0.6) is 5.75 Å². The van der Waals surface area contributed by atoms with Crippen molar-refractivity contribution in [2.75, 3.05) is 13.2 Å². The van der Waals surface area contributed by atoms with E-state index in [2.05, 4.69) is 5.32 Å². The van der Waals surface area contributed by atoms with Crippen molar-refractivity contribution in [2.45, 2.75) is 38.2 Å². The van der Waals surface area contributed by atoms with Gasteiger partial charge in [0, 0.05) is 6.54 Å². The predicted octanol–water partition coefficient (Wildman–Crippen LogP) is 1.62. The topological polar surface area (TPSA) is 125 Å². The number of hydrogen-bond donors (Lipinski definition) is 2. The molecule has 0 spiro atoms. The Labute approximate surface area is 176 Å². The van der Waals surface area contributed by atoms with Crippen molar-refractivity contribution in [1.29, 1.82) is 0 Å². The molecule has 162 valence electrons. The minimum absolute atomic E-state index is 0.0268. The third-order valence-electron chi connectivity index (χ3n) is 4.33. The van der Waals surface area contributed by atoms with Crippen molar-refractivity contribution in [1.82, 2.24) is 5.32 Å². The number of carbonyl (C=O) groups excluding carboxylic acids is 2. The van der Waals surface area contributed by atoms with E-state index in [4.69, 9.17) is 14.6 Å². The fraction of sp³-hybridized carbons (Fsp3) is 0.333. The number of nitrogens with one attached hydrogen (secondary N) is 1. The Kier molecular flexibility index (Phi) is 7.96. The maximum Gasteiger partial charge on any atom is 0.344 e. The van der Waals surface area contributed by atoms with Crippen LogP contribution in [-0.4, -0.2) is 39.5 Å². The molecule has 9 heteroatoms. The number of amides is 1. The van der Waals surface area contributed by atoms with Crippen LogP contribution in [0.4, 0.5) is 0 Å². The van der Waals surface area contributed by atoms with Gasteiger partial charge in [0.25, 0.3) is 5.91 Å². The Morgan fingerprint density at radius 1 is 1.10 bits per heavy atom. The van der Waals surface area contributed by atoms with Crippen LogP contribution in [-0.2, 0) is 30.8 Å². The number of esters is 1. The number of ether oxygens (including phenoxy) is 2. The van der Waals surface area contributed by atoms with Crippen LogP contribution in [0.3, 0.4) is 0 Å². The number of primary sulfonamides is 1. The van der Waals surface area contributed by atoms with Gasteiger partial charge in [0.1, 0.15) is 5.75 Å². The number of aryl methyl sites for hydroxylation is 2. The maximum atomic E-state index is 12.1. The first-order chi connectivity index (χ1) is 14.1. The quantitative estimate of drug-likeness (QED) is 0.578. The fourth-order valence-electron chi connectivity index (χ4n) is 2.60. The summed E-state index contributed by atoms with van der Waals surface area (Å²) in [4.78, 5) is 24.1. The Bertz CT molecular complexity index is 1000. The van der Waals surface area contributed by atoms with Crippen molar-refractivity contribution in [2.24, 2.45) is 5.14 Å². The molecule has 0 saturated heterocycles. The van der Waals surface area contributed by atoms with Crippen LogP contribution < -0.4 is 15.2 Å². The summed E-state index contributed by atoms with van der Waals surface area (Å²) in [6, 6.07) is 11.7. The Morgan fingerprint density at radius 2 is 1.77 bits per heavy atom. The average molecular weight is 435 g/mol. The third kappa shape index (κ3) is 7.16. The molecule has 3 N–H and O–H groups in total. The van der Waals surface area contributed by atoms with E-state index >= 15 is 0 Å². The number of carbonyl (C=O) groups is 2. The van der Waals surface area contributed by atoms with Crippen LogP contribution >= 0.6 is 0 Å². The molecule has 0 saturated carbocycles. The van der Waals surface area contributed by atoms with Crippen molar-refractivity contribution in [3.63, 3.8) is 0 Å². The first kappa shape index (κ1) is 23.4. The molecule has 8 nitrogen and oxygen atoms in total. The van der Waals surface area contributed by atoms with Crippen LogP contribution in [0.25, 0.3) is 0 Å². The Balaban J connectivity index is 1.74. The van der Waals surface area contributed by atoms with E-state index in [0.717, 1.165) is 16.7 Å². The zero-order valence-corrected chi connectivity index (χ0v) is 18.0. The number of nitrogens with two attached hydrogens (primary N) is 1. The summed E-state index contributed by atoms with van der Waals surface area (Å²) in [6.45, 7) is 5.28. The minimum atomic E-state index is -3.73. The Hall–Kier alpha value is -2.91. The largest absolute Gasteiger partial charge is 0.482 e. The van der Waals surface area contributed by atoms with Gasteiger partial charge in [-0.05, 0) is 62.1 Å². The zero-order valence-electron chi connectivity index (χ0n) is 17.2. The number of rotatable bonds is 9.